The zero-order valence-electron chi connectivity index (χ0n) is 11.5. The Morgan fingerprint density at radius 3 is 2.76 bits per heavy atom. The standard InChI is InChI=1S/C17H13NO3/c1-19-13-4-2-3-12(7-13)17-14-9-16-15(20-10-21-16)8-11(14)5-6-18-17/h2-9H,10H2,1H3. The van der Waals surface area contributed by atoms with E-state index in [-0.39, 0.29) is 6.79 Å². The predicted octanol–water partition coefficient (Wildman–Crippen LogP) is 3.64. The fourth-order valence-corrected chi connectivity index (χ4v) is 2.56. The molecule has 0 spiro atoms. The molecule has 104 valence electrons. The smallest absolute Gasteiger partial charge is 0.231 e. The van der Waals surface area contributed by atoms with Gasteiger partial charge in [0.2, 0.25) is 6.79 Å². The number of hydrogen-bond acceptors (Lipinski definition) is 4. The highest BCUT2D eigenvalue weighted by atomic mass is 16.7. The summed E-state index contributed by atoms with van der Waals surface area (Å²) < 4.78 is 16.2. The Morgan fingerprint density at radius 2 is 1.90 bits per heavy atom. The molecule has 0 saturated carbocycles. The van der Waals surface area contributed by atoms with Gasteiger partial charge in [-0.15, -0.1) is 0 Å². The number of hydrogen-bond donors (Lipinski definition) is 0. The summed E-state index contributed by atoms with van der Waals surface area (Å²) in [7, 11) is 1.66. The molecule has 2 aromatic carbocycles. The topological polar surface area (TPSA) is 40.6 Å². The average Bonchev–Trinajstić information content (AvgIpc) is 2.99. The van der Waals surface area contributed by atoms with Crippen LogP contribution in [0, 0.1) is 0 Å². The number of rotatable bonds is 2. The monoisotopic (exact) mass is 279 g/mol. The number of benzene rings is 2. The van der Waals surface area contributed by atoms with Crippen LogP contribution in [0.4, 0.5) is 0 Å². The van der Waals surface area contributed by atoms with Crippen LogP contribution in [-0.4, -0.2) is 18.9 Å². The van der Waals surface area contributed by atoms with Gasteiger partial charge in [0.25, 0.3) is 0 Å². The van der Waals surface area contributed by atoms with Crippen molar-refractivity contribution < 1.29 is 14.2 Å². The first kappa shape index (κ1) is 12.0. The Kier molecular flexibility index (Phi) is 2.67. The first-order valence-electron chi connectivity index (χ1n) is 6.68. The van der Waals surface area contributed by atoms with Crippen molar-refractivity contribution in [2.24, 2.45) is 0 Å². The van der Waals surface area contributed by atoms with Gasteiger partial charge >= 0.3 is 0 Å². The van der Waals surface area contributed by atoms with Crippen molar-refractivity contribution in [1.82, 2.24) is 4.98 Å². The Morgan fingerprint density at radius 1 is 1.05 bits per heavy atom. The second-order valence-corrected chi connectivity index (χ2v) is 4.82. The first-order chi connectivity index (χ1) is 10.3. The van der Waals surface area contributed by atoms with Crippen molar-refractivity contribution in [3.63, 3.8) is 0 Å². The van der Waals surface area contributed by atoms with Crippen LogP contribution in [0.1, 0.15) is 0 Å². The number of ether oxygens (including phenoxy) is 3. The zero-order chi connectivity index (χ0) is 14.2. The molecule has 0 amide bonds. The number of pyridine rings is 1. The second kappa shape index (κ2) is 4.66. The molecule has 0 radical (unpaired) electrons. The molecular weight excluding hydrogens is 266 g/mol. The van der Waals surface area contributed by atoms with Crippen LogP contribution >= 0.6 is 0 Å². The molecule has 0 N–H and O–H groups in total. The minimum absolute atomic E-state index is 0.271. The van der Waals surface area contributed by atoms with Crippen LogP contribution in [0.25, 0.3) is 22.0 Å². The largest absolute Gasteiger partial charge is 0.497 e. The van der Waals surface area contributed by atoms with Gasteiger partial charge < -0.3 is 14.2 Å². The lowest BCUT2D eigenvalue weighted by Gasteiger charge is -2.08. The normalized spacial score (nSPS) is 12.6. The summed E-state index contributed by atoms with van der Waals surface area (Å²) in [6.07, 6.45) is 1.80. The summed E-state index contributed by atoms with van der Waals surface area (Å²) in [4.78, 5) is 4.53. The molecule has 1 aliphatic heterocycles. The Labute approximate surface area is 121 Å². The third-order valence-corrected chi connectivity index (χ3v) is 3.60. The van der Waals surface area contributed by atoms with Crippen LogP contribution in [0.5, 0.6) is 17.2 Å². The molecular formula is C17H13NO3. The SMILES string of the molecule is COc1cccc(-c2nccc3cc4c(cc23)OCO4)c1. The number of nitrogens with zero attached hydrogens (tertiary/aromatic N) is 1. The number of aromatic nitrogens is 1. The summed E-state index contributed by atoms with van der Waals surface area (Å²) >= 11 is 0. The van der Waals surface area contributed by atoms with E-state index < -0.39 is 0 Å². The molecule has 0 aliphatic carbocycles. The van der Waals surface area contributed by atoms with E-state index in [2.05, 4.69) is 4.98 Å². The van der Waals surface area contributed by atoms with Gasteiger partial charge in [-0.3, -0.25) is 4.98 Å². The second-order valence-electron chi connectivity index (χ2n) is 4.82. The fourth-order valence-electron chi connectivity index (χ4n) is 2.56. The summed E-state index contributed by atoms with van der Waals surface area (Å²) in [6.45, 7) is 0.271. The van der Waals surface area contributed by atoms with E-state index in [0.29, 0.717) is 0 Å². The van der Waals surface area contributed by atoms with Gasteiger partial charge in [0.1, 0.15) is 5.75 Å². The van der Waals surface area contributed by atoms with Gasteiger partial charge in [-0.25, -0.2) is 0 Å². The quantitative estimate of drug-likeness (QED) is 0.718. The Bertz CT molecular complexity index is 829. The Balaban J connectivity index is 1.96. The number of methoxy groups -OCH3 is 1. The Hall–Kier alpha value is -2.75. The summed E-state index contributed by atoms with van der Waals surface area (Å²) in [6, 6.07) is 13.8. The van der Waals surface area contributed by atoms with Crippen molar-refractivity contribution in [3.8, 4) is 28.5 Å². The number of fused-ring (bicyclic) bond motifs is 2. The van der Waals surface area contributed by atoms with Crippen molar-refractivity contribution in [1.29, 1.82) is 0 Å². The molecule has 3 aromatic rings. The van der Waals surface area contributed by atoms with E-state index in [1.807, 2.05) is 42.5 Å². The van der Waals surface area contributed by atoms with Gasteiger partial charge in [0.15, 0.2) is 11.5 Å². The lowest BCUT2D eigenvalue weighted by atomic mass is 10.0. The maximum atomic E-state index is 5.47. The minimum Gasteiger partial charge on any atom is -0.497 e. The van der Waals surface area contributed by atoms with Crippen molar-refractivity contribution >= 4 is 10.8 Å². The highest BCUT2D eigenvalue weighted by Crippen LogP contribution is 2.39. The van der Waals surface area contributed by atoms with E-state index in [0.717, 1.165) is 39.3 Å². The van der Waals surface area contributed by atoms with Crippen molar-refractivity contribution in [2.45, 2.75) is 0 Å². The van der Waals surface area contributed by atoms with Crippen LogP contribution < -0.4 is 14.2 Å². The molecule has 0 bridgehead atoms. The van der Waals surface area contributed by atoms with E-state index in [9.17, 15) is 0 Å². The van der Waals surface area contributed by atoms with Crippen LogP contribution in [0.2, 0.25) is 0 Å². The highest BCUT2D eigenvalue weighted by Gasteiger charge is 2.16. The molecule has 1 aromatic heterocycles. The first-order valence-corrected chi connectivity index (χ1v) is 6.68. The van der Waals surface area contributed by atoms with E-state index in [1.165, 1.54) is 0 Å². The molecule has 4 heteroatoms. The minimum atomic E-state index is 0.271. The molecule has 1 aliphatic rings. The van der Waals surface area contributed by atoms with E-state index in [4.69, 9.17) is 14.2 Å². The lowest BCUT2D eigenvalue weighted by Crippen LogP contribution is -1.92. The van der Waals surface area contributed by atoms with Crippen LogP contribution in [-0.2, 0) is 0 Å². The lowest BCUT2D eigenvalue weighted by molar-refractivity contribution is 0.174. The molecule has 4 nitrogen and oxygen atoms in total. The fraction of sp³-hybridized carbons (Fsp3) is 0.118. The van der Waals surface area contributed by atoms with Gasteiger partial charge in [-0.2, -0.15) is 0 Å². The third-order valence-electron chi connectivity index (χ3n) is 3.60. The molecule has 0 saturated heterocycles. The van der Waals surface area contributed by atoms with Gasteiger partial charge in [0.05, 0.1) is 12.8 Å². The summed E-state index contributed by atoms with van der Waals surface area (Å²) in [5.41, 5.74) is 1.92. The summed E-state index contributed by atoms with van der Waals surface area (Å²) in [5.74, 6) is 2.36. The molecule has 0 fully saturated rings. The molecule has 4 rings (SSSR count). The van der Waals surface area contributed by atoms with Gasteiger partial charge in [-0.05, 0) is 35.7 Å². The maximum Gasteiger partial charge on any atom is 0.231 e. The highest BCUT2D eigenvalue weighted by molar-refractivity contribution is 5.96. The average molecular weight is 279 g/mol. The molecule has 2 heterocycles. The van der Waals surface area contributed by atoms with Crippen LogP contribution in [0.3, 0.4) is 0 Å². The summed E-state index contributed by atoms with van der Waals surface area (Å²) in [5, 5.41) is 2.11. The predicted molar refractivity (Wildman–Crippen MR) is 79.9 cm³/mol. The van der Waals surface area contributed by atoms with Gasteiger partial charge in [-0.1, -0.05) is 12.1 Å². The molecule has 0 atom stereocenters. The van der Waals surface area contributed by atoms with Crippen LogP contribution in [0.15, 0.2) is 48.7 Å². The van der Waals surface area contributed by atoms with Gasteiger partial charge in [0, 0.05) is 17.1 Å². The molecule has 0 unspecified atom stereocenters. The van der Waals surface area contributed by atoms with E-state index in [1.54, 1.807) is 13.3 Å². The maximum absolute atomic E-state index is 5.47. The van der Waals surface area contributed by atoms with E-state index >= 15 is 0 Å². The zero-order valence-corrected chi connectivity index (χ0v) is 11.5. The van der Waals surface area contributed by atoms with Crippen molar-refractivity contribution in [2.75, 3.05) is 13.9 Å². The third kappa shape index (κ3) is 1.96. The van der Waals surface area contributed by atoms with Crippen molar-refractivity contribution in [3.05, 3.63) is 48.7 Å². The molecule has 21 heavy (non-hydrogen) atoms.